The number of rotatable bonds is 4. The number of carbonyl (C=O) groups excluding carboxylic acids is 1. The second kappa shape index (κ2) is 5.26. The van der Waals surface area contributed by atoms with Crippen LogP contribution in [0, 0.1) is 23.7 Å². The third-order valence-corrected chi connectivity index (χ3v) is 4.30. The lowest BCUT2D eigenvalue weighted by Gasteiger charge is -2.20. The zero-order chi connectivity index (χ0) is 15.1. The van der Waals surface area contributed by atoms with Gasteiger partial charge in [0, 0.05) is 19.5 Å². The molecule has 1 N–H and O–H groups in total. The predicted molar refractivity (Wildman–Crippen MR) is 63.8 cm³/mol. The lowest BCUT2D eigenvalue weighted by atomic mass is 9.92. The maximum Gasteiger partial charge on any atom is 0.392 e. The summed E-state index contributed by atoms with van der Waals surface area (Å²) < 4.78 is 37.4. The van der Waals surface area contributed by atoms with E-state index in [4.69, 9.17) is 5.11 Å². The lowest BCUT2D eigenvalue weighted by Crippen LogP contribution is -2.33. The van der Waals surface area contributed by atoms with Gasteiger partial charge in [0.05, 0.1) is 11.8 Å². The number of carbonyl (C=O) groups is 2. The highest BCUT2D eigenvalue weighted by atomic mass is 19.4. The maximum absolute atomic E-state index is 12.5. The van der Waals surface area contributed by atoms with Gasteiger partial charge in [-0.05, 0) is 24.7 Å². The summed E-state index contributed by atoms with van der Waals surface area (Å²) in [7, 11) is 0. The molecule has 0 aromatic heterocycles. The van der Waals surface area contributed by atoms with Crippen LogP contribution in [0.15, 0.2) is 0 Å². The van der Waals surface area contributed by atoms with Crippen molar-refractivity contribution in [2.24, 2.45) is 23.7 Å². The van der Waals surface area contributed by atoms with Crippen LogP contribution in [0.4, 0.5) is 13.2 Å². The molecule has 1 aliphatic carbocycles. The Kier molecular flexibility index (Phi) is 3.97. The van der Waals surface area contributed by atoms with Gasteiger partial charge >= 0.3 is 12.1 Å². The maximum atomic E-state index is 12.5. The molecule has 1 saturated carbocycles. The van der Waals surface area contributed by atoms with E-state index < -0.39 is 36.3 Å². The quantitative estimate of drug-likeness (QED) is 0.864. The van der Waals surface area contributed by atoms with Gasteiger partial charge in [0.2, 0.25) is 5.91 Å². The van der Waals surface area contributed by atoms with Crippen molar-refractivity contribution in [1.29, 1.82) is 0 Å². The average molecular weight is 293 g/mol. The third kappa shape index (κ3) is 3.24. The minimum absolute atomic E-state index is 0.0416. The highest BCUT2D eigenvalue weighted by Crippen LogP contribution is 2.44. The van der Waals surface area contributed by atoms with E-state index >= 15 is 0 Å². The summed E-state index contributed by atoms with van der Waals surface area (Å²) >= 11 is 0. The SMILES string of the molecule is CC(CC(=O)N1C[C@@H](C(=O)O)[C@H](C2CC2)C1)C(F)(F)F. The molecule has 0 radical (unpaired) electrons. The Morgan fingerprint density at radius 3 is 2.35 bits per heavy atom. The van der Waals surface area contributed by atoms with Crippen molar-refractivity contribution < 1.29 is 27.9 Å². The standard InChI is InChI=1S/C13H18F3NO3/c1-7(13(14,15)16)4-11(18)17-5-9(8-2-3-8)10(6-17)12(19)20/h7-10H,2-6H2,1H3,(H,19,20)/t7?,9-,10+/m0/s1. The molecular formula is C13H18F3NO3. The lowest BCUT2D eigenvalue weighted by molar-refractivity contribution is -0.176. The minimum Gasteiger partial charge on any atom is -0.481 e. The van der Waals surface area contributed by atoms with E-state index in [1.54, 1.807) is 0 Å². The molecule has 1 aliphatic heterocycles. The molecule has 0 aromatic rings. The Morgan fingerprint density at radius 2 is 1.90 bits per heavy atom. The van der Waals surface area contributed by atoms with Crippen LogP contribution in [-0.4, -0.2) is 41.1 Å². The average Bonchev–Trinajstić information content (AvgIpc) is 3.06. The molecule has 114 valence electrons. The van der Waals surface area contributed by atoms with Crippen molar-refractivity contribution in [2.75, 3.05) is 13.1 Å². The summed E-state index contributed by atoms with van der Waals surface area (Å²) in [5.41, 5.74) is 0. The zero-order valence-electron chi connectivity index (χ0n) is 11.2. The summed E-state index contributed by atoms with van der Waals surface area (Å²) in [6.45, 7) is 1.30. The van der Waals surface area contributed by atoms with Crippen LogP contribution in [-0.2, 0) is 9.59 Å². The van der Waals surface area contributed by atoms with Gasteiger partial charge in [0.25, 0.3) is 0 Å². The van der Waals surface area contributed by atoms with Gasteiger partial charge in [-0.2, -0.15) is 13.2 Å². The molecule has 1 saturated heterocycles. The molecule has 0 aromatic carbocycles. The fourth-order valence-corrected chi connectivity index (χ4v) is 2.80. The number of hydrogen-bond donors (Lipinski definition) is 1. The van der Waals surface area contributed by atoms with Gasteiger partial charge < -0.3 is 10.0 Å². The summed E-state index contributed by atoms with van der Waals surface area (Å²) in [6.07, 6.45) is -3.09. The first-order valence-electron chi connectivity index (χ1n) is 6.77. The number of hydrogen-bond acceptors (Lipinski definition) is 2. The topological polar surface area (TPSA) is 57.6 Å². The number of likely N-dealkylation sites (tertiary alicyclic amines) is 1. The summed E-state index contributed by atoms with van der Waals surface area (Å²) in [5, 5.41) is 9.15. The van der Waals surface area contributed by atoms with Gasteiger partial charge in [0.1, 0.15) is 0 Å². The van der Waals surface area contributed by atoms with Crippen LogP contribution in [0.25, 0.3) is 0 Å². The van der Waals surface area contributed by atoms with E-state index in [1.165, 1.54) is 4.90 Å². The van der Waals surface area contributed by atoms with Crippen molar-refractivity contribution in [3.8, 4) is 0 Å². The van der Waals surface area contributed by atoms with Crippen LogP contribution >= 0.6 is 0 Å². The van der Waals surface area contributed by atoms with Crippen molar-refractivity contribution in [2.45, 2.75) is 32.4 Å². The number of halogens is 3. The first-order chi connectivity index (χ1) is 9.20. The van der Waals surface area contributed by atoms with Gasteiger partial charge in [0.15, 0.2) is 0 Å². The van der Waals surface area contributed by atoms with E-state index in [2.05, 4.69) is 0 Å². The molecule has 0 bridgehead atoms. The van der Waals surface area contributed by atoms with E-state index in [0.717, 1.165) is 19.8 Å². The van der Waals surface area contributed by atoms with Crippen LogP contribution in [0.2, 0.25) is 0 Å². The third-order valence-electron chi connectivity index (χ3n) is 4.30. The number of amides is 1. The molecule has 1 unspecified atom stereocenters. The van der Waals surface area contributed by atoms with E-state index in [0.29, 0.717) is 5.92 Å². The van der Waals surface area contributed by atoms with Crippen molar-refractivity contribution >= 4 is 11.9 Å². The summed E-state index contributed by atoms with van der Waals surface area (Å²) in [4.78, 5) is 24.4. The molecule has 1 amide bonds. The molecule has 2 fully saturated rings. The Hall–Kier alpha value is -1.27. The molecule has 7 heteroatoms. The first kappa shape index (κ1) is 15.1. The Morgan fingerprint density at radius 1 is 1.30 bits per heavy atom. The molecule has 1 heterocycles. The normalized spacial score (nSPS) is 28.5. The number of nitrogens with zero attached hydrogens (tertiary/aromatic N) is 1. The summed E-state index contributed by atoms with van der Waals surface area (Å²) in [5.74, 6) is -3.66. The molecule has 0 spiro atoms. The van der Waals surface area contributed by atoms with Crippen molar-refractivity contribution in [3.63, 3.8) is 0 Å². The van der Waals surface area contributed by atoms with Crippen LogP contribution in [0.5, 0.6) is 0 Å². The van der Waals surface area contributed by atoms with Crippen LogP contribution in [0.1, 0.15) is 26.2 Å². The van der Waals surface area contributed by atoms with E-state index in [1.807, 2.05) is 0 Å². The number of aliphatic carboxylic acids is 1. The first-order valence-corrected chi connectivity index (χ1v) is 6.77. The molecule has 20 heavy (non-hydrogen) atoms. The summed E-state index contributed by atoms with van der Waals surface area (Å²) in [6, 6.07) is 0. The van der Waals surface area contributed by atoms with Gasteiger partial charge in [-0.1, -0.05) is 6.92 Å². The highest BCUT2D eigenvalue weighted by molar-refractivity contribution is 5.79. The molecule has 3 atom stereocenters. The van der Waals surface area contributed by atoms with E-state index in [-0.39, 0.29) is 19.0 Å². The fourth-order valence-electron chi connectivity index (χ4n) is 2.80. The van der Waals surface area contributed by atoms with Crippen LogP contribution in [0.3, 0.4) is 0 Å². The van der Waals surface area contributed by atoms with Gasteiger partial charge in [-0.15, -0.1) is 0 Å². The Labute approximate surface area is 114 Å². The van der Waals surface area contributed by atoms with Crippen LogP contribution < -0.4 is 0 Å². The molecule has 2 aliphatic rings. The molecular weight excluding hydrogens is 275 g/mol. The fraction of sp³-hybridized carbons (Fsp3) is 0.846. The monoisotopic (exact) mass is 293 g/mol. The minimum atomic E-state index is -4.39. The molecule has 4 nitrogen and oxygen atoms in total. The Balaban J connectivity index is 1.96. The predicted octanol–water partition coefficient (Wildman–Crippen LogP) is 2.14. The van der Waals surface area contributed by atoms with Gasteiger partial charge in [-0.25, -0.2) is 0 Å². The second-order valence-electron chi connectivity index (χ2n) is 5.89. The Bertz CT molecular complexity index is 406. The van der Waals surface area contributed by atoms with Crippen molar-refractivity contribution in [3.05, 3.63) is 0 Å². The smallest absolute Gasteiger partial charge is 0.392 e. The van der Waals surface area contributed by atoms with Gasteiger partial charge in [-0.3, -0.25) is 9.59 Å². The molecule has 2 rings (SSSR count). The second-order valence-corrected chi connectivity index (χ2v) is 5.89. The number of carboxylic acids is 1. The van der Waals surface area contributed by atoms with E-state index in [9.17, 15) is 22.8 Å². The zero-order valence-corrected chi connectivity index (χ0v) is 11.2. The number of alkyl halides is 3. The number of carboxylic acid groups (broad SMARTS) is 1. The highest BCUT2D eigenvalue weighted by Gasteiger charge is 2.47. The largest absolute Gasteiger partial charge is 0.481 e. The van der Waals surface area contributed by atoms with Crippen molar-refractivity contribution in [1.82, 2.24) is 4.90 Å².